The van der Waals surface area contributed by atoms with Crippen molar-refractivity contribution in [2.75, 3.05) is 13.2 Å². The van der Waals surface area contributed by atoms with Crippen molar-refractivity contribution in [3.63, 3.8) is 0 Å². The van der Waals surface area contributed by atoms with Gasteiger partial charge in [0.05, 0.1) is 0 Å². The lowest BCUT2D eigenvalue weighted by Crippen LogP contribution is -2.30. The summed E-state index contributed by atoms with van der Waals surface area (Å²) in [5.41, 5.74) is 0. The molecule has 0 bridgehead atoms. The maximum Gasteiger partial charge on any atom is 0.306 e. The molecule has 0 rings (SSSR count). The SMILES string of the molecule is CCCCCCCCCCCCCCCCCCCC(=O)OCC(COC(=O)CCCCCCCC)OC(=O)CCCCCCCCCCCCCC. The first kappa shape index (κ1) is 51.4. The summed E-state index contributed by atoms with van der Waals surface area (Å²) in [6.07, 6.45) is 43.9. The van der Waals surface area contributed by atoms with E-state index < -0.39 is 6.10 Å². The summed E-state index contributed by atoms with van der Waals surface area (Å²) in [5, 5.41) is 0. The average molecular weight is 751 g/mol. The Labute approximate surface area is 329 Å². The van der Waals surface area contributed by atoms with E-state index in [0.717, 1.165) is 57.8 Å². The minimum absolute atomic E-state index is 0.0632. The zero-order valence-corrected chi connectivity index (χ0v) is 35.8. The summed E-state index contributed by atoms with van der Waals surface area (Å²) in [4.78, 5) is 37.5. The highest BCUT2D eigenvalue weighted by atomic mass is 16.6. The van der Waals surface area contributed by atoms with Crippen LogP contribution in [-0.2, 0) is 28.6 Å². The van der Waals surface area contributed by atoms with Gasteiger partial charge in [0, 0.05) is 19.3 Å². The van der Waals surface area contributed by atoms with E-state index in [1.54, 1.807) is 0 Å². The van der Waals surface area contributed by atoms with Gasteiger partial charge < -0.3 is 14.2 Å². The number of ether oxygens (including phenoxy) is 3. The fourth-order valence-corrected chi connectivity index (χ4v) is 7.03. The largest absolute Gasteiger partial charge is 0.462 e. The molecule has 0 aliphatic rings. The van der Waals surface area contributed by atoms with E-state index in [4.69, 9.17) is 14.2 Å². The van der Waals surface area contributed by atoms with Gasteiger partial charge in [-0.15, -0.1) is 0 Å². The van der Waals surface area contributed by atoms with Crippen LogP contribution < -0.4 is 0 Å². The topological polar surface area (TPSA) is 78.9 Å². The first-order valence-corrected chi connectivity index (χ1v) is 23.5. The van der Waals surface area contributed by atoms with Crippen molar-refractivity contribution in [3.8, 4) is 0 Å². The first-order chi connectivity index (χ1) is 26.0. The summed E-state index contributed by atoms with van der Waals surface area (Å²) in [7, 11) is 0. The second-order valence-corrected chi connectivity index (χ2v) is 16.0. The van der Waals surface area contributed by atoms with Crippen molar-refractivity contribution in [3.05, 3.63) is 0 Å². The molecule has 53 heavy (non-hydrogen) atoms. The van der Waals surface area contributed by atoms with Crippen molar-refractivity contribution in [1.82, 2.24) is 0 Å². The van der Waals surface area contributed by atoms with Crippen molar-refractivity contribution < 1.29 is 28.6 Å². The van der Waals surface area contributed by atoms with Crippen LogP contribution in [0, 0.1) is 0 Å². The molecule has 0 aliphatic carbocycles. The molecule has 0 aliphatic heterocycles. The van der Waals surface area contributed by atoms with Gasteiger partial charge in [0.1, 0.15) is 13.2 Å². The van der Waals surface area contributed by atoms with Crippen LogP contribution in [-0.4, -0.2) is 37.2 Å². The van der Waals surface area contributed by atoms with Gasteiger partial charge in [0.15, 0.2) is 6.10 Å². The maximum atomic E-state index is 12.7. The van der Waals surface area contributed by atoms with E-state index in [2.05, 4.69) is 20.8 Å². The first-order valence-electron chi connectivity index (χ1n) is 23.5. The number of unbranched alkanes of at least 4 members (excludes halogenated alkanes) is 32. The molecule has 0 N–H and O–H groups in total. The van der Waals surface area contributed by atoms with Crippen LogP contribution in [0.5, 0.6) is 0 Å². The fraction of sp³-hybridized carbons (Fsp3) is 0.936. The summed E-state index contributed by atoms with van der Waals surface area (Å²) in [6, 6.07) is 0. The van der Waals surface area contributed by atoms with Gasteiger partial charge in [0.2, 0.25) is 0 Å². The molecule has 0 saturated heterocycles. The van der Waals surface area contributed by atoms with E-state index in [-0.39, 0.29) is 31.1 Å². The Hall–Kier alpha value is -1.59. The number of esters is 3. The maximum absolute atomic E-state index is 12.7. The van der Waals surface area contributed by atoms with Gasteiger partial charge in [-0.3, -0.25) is 14.4 Å². The molecule has 0 amide bonds. The zero-order chi connectivity index (χ0) is 38.7. The monoisotopic (exact) mass is 751 g/mol. The molecule has 0 aromatic carbocycles. The molecule has 0 aromatic heterocycles. The summed E-state index contributed by atoms with van der Waals surface area (Å²) in [5.74, 6) is -0.859. The van der Waals surface area contributed by atoms with Gasteiger partial charge in [-0.05, 0) is 19.3 Å². The molecule has 0 aromatic rings. The van der Waals surface area contributed by atoms with Crippen LogP contribution in [0.25, 0.3) is 0 Å². The fourth-order valence-electron chi connectivity index (χ4n) is 7.03. The number of carbonyl (C=O) groups is 3. The Morgan fingerprint density at radius 2 is 0.509 bits per heavy atom. The van der Waals surface area contributed by atoms with Gasteiger partial charge in [-0.25, -0.2) is 0 Å². The minimum atomic E-state index is -0.757. The standard InChI is InChI=1S/C47H90O6/c1-4-7-10-13-16-18-20-22-23-24-25-26-28-29-31-34-37-40-46(49)52-43-44(42-51-45(48)39-36-33-15-12-9-6-3)53-47(50)41-38-35-32-30-27-21-19-17-14-11-8-5-2/h44H,4-43H2,1-3H3. The predicted octanol–water partition coefficient (Wildman–Crippen LogP) is 14.9. The summed E-state index contributed by atoms with van der Waals surface area (Å²) in [6.45, 7) is 6.60. The summed E-state index contributed by atoms with van der Waals surface area (Å²) < 4.78 is 16.7. The van der Waals surface area contributed by atoms with Crippen LogP contribution >= 0.6 is 0 Å². The quantitative estimate of drug-likeness (QED) is 0.0351. The minimum Gasteiger partial charge on any atom is -0.462 e. The molecule has 6 nitrogen and oxygen atoms in total. The van der Waals surface area contributed by atoms with Gasteiger partial charge >= 0.3 is 17.9 Å². The molecule has 1 unspecified atom stereocenters. The van der Waals surface area contributed by atoms with E-state index in [0.29, 0.717) is 19.3 Å². The third-order valence-electron chi connectivity index (χ3n) is 10.6. The Balaban J connectivity index is 4.17. The normalized spacial score (nSPS) is 11.8. The van der Waals surface area contributed by atoms with Crippen molar-refractivity contribution in [1.29, 1.82) is 0 Å². The van der Waals surface area contributed by atoms with Crippen molar-refractivity contribution >= 4 is 17.9 Å². The molecular formula is C47H90O6. The lowest BCUT2D eigenvalue weighted by Gasteiger charge is -2.18. The second-order valence-electron chi connectivity index (χ2n) is 16.0. The molecule has 0 radical (unpaired) electrons. The summed E-state index contributed by atoms with van der Waals surface area (Å²) >= 11 is 0. The van der Waals surface area contributed by atoms with E-state index >= 15 is 0 Å². The zero-order valence-electron chi connectivity index (χ0n) is 35.8. The van der Waals surface area contributed by atoms with E-state index in [1.807, 2.05) is 0 Å². The highest BCUT2D eigenvalue weighted by Gasteiger charge is 2.19. The Kier molecular flexibility index (Phi) is 41.8. The van der Waals surface area contributed by atoms with Crippen LogP contribution in [0.4, 0.5) is 0 Å². The van der Waals surface area contributed by atoms with Crippen molar-refractivity contribution in [2.24, 2.45) is 0 Å². The number of hydrogen-bond donors (Lipinski definition) is 0. The third-order valence-corrected chi connectivity index (χ3v) is 10.6. The highest BCUT2D eigenvalue weighted by Crippen LogP contribution is 2.16. The Morgan fingerprint density at radius 1 is 0.302 bits per heavy atom. The van der Waals surface area contributed by atoms with Gasteiger partial charge in [0.25, 0.3) is 0 Å². The molecule has 0 fully saturated rings. The number of hydrogen-bond acceptors (Lipinski definition) is 6. The van der Waals surface area contributed by atoms with Crippen LogP contribution in [0.2, 0.25) is 0 Å². The molecular weight excluding hydrogens is 661 g/mol. The molecule has 0 heterocycles. The van der Waals surface area contributed by atoms with Crippen LogP contribution in [0.3, 0.4) is 0 Å². The number of rotatable bonds is 43. The Morgan fingerprint density at radius 3 is 0.755 bits per heavy atom. The van der Waals surface area contributed by atoms with E-state index in [9.17, 15) is 14.4 Å². The molecule has 0 spiro atoms. The van der Waals surface area contributed by atoms with Crippen LogP contribution in [0.1, 0.15) is 265 Å². The third kappa shape index (κ3) is 41.4. The van der Waals surface area contributed by atoms with Crippen molar-refractivity contribution in [2.45, 2.75) is 271 Å². The average Bonchev–Trinajstić information content (AvgIpc) is 3.15. The molecule has 1 atom stereocenters. The number of carbonyl (C=O) groups excluding carboxylic acids is 3. The highest BCUT2D eigenvalue weighted by molar-refractivity contribution is 5.71. The van der Waals surface area contributed by atoms with Gasteiger partial charge in [-0.2, -0.15) is 0 Å². The molecule has 6 heteroatoms. The predicted molar refractivity (Wildman–Crippen MR) is 224 cm³/mol. The smallest absolute Gasteiger partial charge is 0.306 e. The van der Waals surface area contributed by atoms with Gasteiger partial charge in [-0.1, -0.05) is 226 Å². The van der Waals surface area contributed by atoms with E-state index in [1.165, 1.54) is 167 Å². The second kappa shape index (κ2) is 43.1. The Bertz CT molecular complexity index is 783. The lowest BCUT2D eigenvalue weighted by molar-refractivity contribution is -0.167. The van der Waals surface area contributed by atoms with Crippen LogP contribution in [0.15, 0.2) is 0 Å². The lowest BCUT2D eigenvalue weighted by atomic mass is 10.0. The molecule has 0 saturated carbocycles. The molecule has 314 valence electrons.